The first kappa shape index (κ1) is 17.8. The van der Waals surface area contributed by atoms with Crippen LogP contribution in [0.3, 0.4) is 0 Å². The summed E-state index contributed by atoms with van der Waals surface area (Å²) in [6.45, 7) is 4.66. The van der Waals surface area contributed by atoms with Crippen molar-refractivity contribution in [3.05, 3.63) is 0 Å². The van der Waals surface area contributed by atoms with Crippen LogP contribution in [-0.4, -0.2) is 29.4 Å². The van der Waals surface area contributed by atoms with E-state index in [0.717, 1.165) is 30.6 Å². The normalized spacial score (nSPS) is 26.0. The Bertz CT molecular complexity index is 275. The van der Waals surface area contributed by atoms with Gasteiger partial charge >= 0.3 is 5.97 Å². The Morgan fingerprint density at radius 1 is 1.35 bits per heavy atom. The number of hydrogen-bond donors (Lipinski definition) is 1. The predicted octanol–water partition coefficient (Wildman–Crippen LogP) is 3.84. The lowest BCUT2D eigenvalue weighted by Crippen LogP contribution is -2.20. The Morgan fingerprint density at radius 3 is 2.55 bits per heavy atom. The van der Waals surface area contributed by atoms with E-state index in [1.165, 1.54) is 51.0 Å². The number of aliphatic hydroxyl groups excluding tert-OH is 1. The summed E-state index contributed by atoms with van der Waals surface area (Å²) in [5.74, 6) is 2.53. The summed E-state index contributed by atoms with van der Waals surface area (Å²) < 4.78 is 4.57. The Labute approximate surface area is 127 Å². The molecule has 0 aliphatic heterocycles. The number of methoxy groups -OCH3 is 1. The smallest absolute Gasteiger partial charge is 0.315 e. The van der Waals surface area contributed by atoms with E-state index in [2.05, 4.69) is 18.6 Å². The van der Waals surface area contributed by atoms with Crippen LogP contribution in [0.1, 0.15) is 58.8 Å². The van der Waals surface area contributed by atoms with Gasteiger partial charge in [-0.25, -0.2) is 0 Å². The molecule has 1 rings (SSSR count). The molecule has 0 heterocycles. The van der Waals surface area contributed by atoms with Crippen molar-refractivity contribution in [3.63, 3.8) is 0 Å². The monoisotopic (exact) mass is 302 g/mol. The third kappa shape index (κ3) is 6.49. The van der Waals surface area contributed by atoms with E-state index in [9.17, 15) is 9.90 Å². The van der Waals surface area contributed by atoms with Crippen LogP contribution >= 0.6 is 11.8 Å². The van der Waals surface area contributed by atoms with Gasteiger partial charge < -0.3 is 9.84 Å². The number of carbonyl (C=O) groups is 1. The molecule has 4 heteroatoms. The molecule has 2 atom stereocenters. The second-order valence-corrected chi connectivity index (χ2v) is 7.25. The molecule has 1 fully saturated rings. The maximum Gasteiger partial charge on any atom is 0.315 e. The molecule has 0 aromatic rings. The van der Waals surface area contributed by atoms with Gasteiger partial charge in [-0.15, -0.1) is 11.8 Å². The fourth-order valence-electron chi connectivity index (χ4n) is 3.06. The minimum Gasteiger partial charge on any atom is -0.468 e. The first-order chi connectivity index (χ1) is 9.56. The fraction of sp³-hybridized carbons (Fsp3) is 0.938. The van der Waals surface area contributed by atoms with Crippen LogP contribution in [0.25, 0.3) is 0 Å². The molecular formula is C16H30O3S. The topological polar surface area (TPSA) is 46.5 Å². The Balaban J connectivity index is 2.13. The molecular weight excluding hydrogens is 272 g/mol. The molecule has 2 unspecified atom stereocenters. The molecule has 1 saturated carbocycles. The van der Waals surface area contributed by atoms with Gasteiger partial charge in [-0.1, -0.05) is 33.1 Å². The van der Waals surface area contributed by atoms with Crippen molar-refractivity contribution >= 4 is 17.7 Å². The molecule has 20 heavy (non-hydrogen) atoms. The van der Waals surface area contributed by atoms with Gasteiger partial charge in [0, 0.05) is 0 Å². The summed E-state index contributed by atoms with van der Waals surface area (Å²) in [5.41, 5.74) is -0.429. The van der Waals surface area contributed by atoms with Crippen LogP contribution in [0.2, 0.25) is 0 Å². The van der Waals surface area contributed by atoms with E-state index in [0.29, 0.717) is 0 Å². The van der Waals surface area contributed by atoms with E-state index >= 15 is 0 Å². The van der Waals surface area contributed by atoms with Gasteiger partial charge in [0.05, 0.1) is 18.3 Å². The molecule has 0 radical (unpaired) electrons. The minimum absolute atomic E-state index is 0.248. The lowest BCUT2D eigenvalue weighted by Gasteiger charge is -2.32. The highest BCUT2D eigenvalue weighted by Crippen LogP contribution is 2.36. The van der Waals surface area contributed by atoms with Gasteiger partial charge in [-0.2, -0.15) is 0 Å². The zero-order valence-corrected chi connectivity index (χ0v) is 14.0. The number of ether oxygens (including phenoxy) is 1. The van der Waals surface area contributed by atoms with Crippen molar-refractivity contribution in [2.24, 2.45) is 17.8 Å². The highest BCUT2D eigenvalue weighted by Gasteiger charge is 2.24. The average molecular weight is 302 g/mol. The quantitative estimate of drug-likeness (QED) is 0.546. The van der Waals surface area contributed by atoms with Gasteiger partial charge in [-0.05, 0) is 43.4 Å². The van der Waals surface area contributed by atoms with Gasteiger partial charge in [0.25, 0.3) is 0 Å². The Morgan fingerprint density at radius 2 is 2.00 bits per heavy atom. The average Bonchev–Trinajstić information content (AvgIpc) is 2.50. The van der Waals surface area contributed by atoms with Gasteiger partial charge in [0.15, 0.2) is 0 Å². The van der Waals surface area contributed by atoms with Crippen molar-refractivity contribution in [1.82, 2.24) is 0 Å². The summed E-state index contributed by atoms with van der Waals surface area (Å²) in [4.78, 5) is 11.0. The number of aliphatic hydroxyl groups is 1. The van der Waals surface area contributed by atoms with Gasteiger partial charge in [0.1, 0.15) is 0 Å². The van der Waals surface area contributed by atoms with Crippen LogP contribution in [0.5, 0.6) is 0 Å². The first-order valence-corrected chi connectivity index (χ1v) is 8.98. The molecule has 118 valence electrons. The molecule has 3 nitrogen and oxygen atoms in total. The van der Waals surface area contributed by atoms with Crippen molar-refractivity contribution in [2.45, 2.75) is 64.2 Å². The third-order valence-corrected chi connectivity index (χ3v) is 5.81. The number of esters is 1. The maximum absolute atomic E-state index is 11.0. The zero-order valence-electron chi connectivity index (χ0n) is 13.1. The van der Waals surface area contributed by atoms with E-state index < -0.39 is 5.44 Å². The molecule has 0 aromatic heterocycles. The standard InChI is InChI=1S/C16H30O3S/c1-4-12(2)14-8-5-13(6-9-14)7-10-16(18)20-11-15(17)19-3/h12-14,16,18H,4-11H2,1-3H3. The highest BCUT2D eigenvalue weighted by molar-refractivity contribution is 8.00. The molecule has 0 aromatic carbocycles. The lowest BCUT2D eigenvalue weighted by atomic mass is 9.74. The molecule has 0 saturated heterocycles. The molecule has 1 aliphatic carbocycles. The van der Waals surface area contributed by atoms with Crippen molar-refractivity contribution in [2.75, 3.05) is 12.9 Å². The van der Waals surface area contributed by atoms with Crippen molar-refractivity contribution in [3.8, 4) is 0 Å². The molecule has 1 N–H and O–H groups in total. The molecule has 1 aliphatic rings. The zero-order chi connectivity index (χ0) is 15.0. The van der Waals surface area contributed by atoms with Crippen LogP contribution in [0.15, 0.2) is 0 Å². The number of hydrogen-bond acceptors (Lipinski definition) is 4. The Kier molecular flexibility index (Phi) is 8.62. The maximum atomic E-state index is 11.0. The summed E-state index contributed by atoms with van der Waals surface area (Å²) in [6, 6.07) is 0. The lowest BCUT2D eigenvalue weighted by molar-refractivity contribution is -0.137. The first-order valence-electron chi connectivity index (χ1n) is 7.93. The van der Waals surface area contributed by atoms with E-state index in [-0.39, 0.29) is 11.7 Å². The van der Waals surface area contributed by atoms with Crippen LogP contribution in [0, 0.1) is 17.8 Å². The predicted molar refractivity (Wildman–Crippen MR) is 84.6 cm³/mol. The summed E-state index contributed by atoms with van der Waals surface area (Å²) in [6.07, 6.45) is 8.49. The van der Waals surface area contributed by atoms with Crippen molar-refractivity contribution < 1.29 is 14.6 Å². The van der Waals surface area contributed by atoms with E-state index in [4.69, 9.17) is 0 Å². The molecule has 0 bridgehead atoms. The van der Waals surface area contributed by atoms with Crippen molar-refractivity contribution in [1.29, 1.82) is 0 Å². The number of rotatable bonds is 8. The van der Waals surface area contributed by atoms with Crippen LogP contribution < -0.4 is 0 Å². The highest BCUT2D eigenvalue weighted by atomic mass is 32.2. The van der Waals surface area contributed by atoms with Gasteiger partial charge in [-0.3, -0.25) is 4.79 Å². The van der Waals surface area contributed by atoms with Crippen LogP contribution in [-0.2, 0) is 9.53 Å². The minimum atomic E-state index is -0.429. The summed E-state index contributed by atoms with van der Waals surface area (Å²) in [5, 5.41) is 9.86. The largest absolute Gasteiger partial charge is 0.468 e. The summed E-state index contributed by atoms with van der Waals surface area (Å²) in [7, 11) is 1.38. The summed E-state index contributed by atoms with van der Waals surface area (Å²) >= 11 is 1.29. The van der Waals surface area contributed by atoms with Gasteiger partial charge in [0.2, 0.25) is 0 Å². The van der Waals surface area contributed by atoms with E-state index in [1.54, 1.807) is 0 Å². The molecule has 0 amide bonds. The number of carbonyl (C=O) groups excluding carboxylic acids is 1. The Hall–Kier alpha value is -0.220. The molecule has 0 spiro atoms. The van der Waals surface area contributed by atoms with Crippen LogP contribution in [0.4, 0.5) is 0 Å². The SMILES string of the molecule is CCC(C)C1CCC(CCC(O)SCC(=O)OC)CC1. The second kappa shape index (κ2) is 9.67. The number of thioether (sulfide) groups is 1. The van der Waals surface area contributed by atoms with E-state index in [1.807, 2.05) is 0 Å². The second-order valence-electron chi connectivity index (χ2n) is 6.09. The fourth-order valence-corrected chi connectivity index (χ4v) is 3.81. The third-order valence-electron chi connectivity index (χ3n) is 4.78.